The number of rotatable bonds is 2. The molecule has 0 aromatic carbocycles. The van der Waals surface area contributed by atoms with E-state index in [1.54, 1.807) is 6.20 Å². The molecule has 2 aliphatic rings. The lowest BCUT2D eigenvalue weighted by atomic mass is 9.88. The Morgan fingerprint density at radius 2 is 2.36 bits per heavy atom. The molecule has 0 amide bonds. The summed E-state index contributed by atoms with van der Waals surface area (Å²) in [6.45, 7) is 0. The Kier molecular flexibility index (Phi) is 1.72. The number of fused-ring (bicyclic) bond motifs is 2. The van der Waals surface area contributed by atoms with Crippen molar-refractivity contribution in [1.29, 1.82) is 0 Å². The molecule has 0 saturated heterocycles. The zero-order chi connectivity index (χ0) is 9.54. The number of carbonyl (C=O) groups is 1. The number of imidazole rings is 1. The zero-order valence-electron chi connectivity index (χ0n) is 8.07. The summed E-state index contributed by atoms with van der Waals surface area (Å²) in [5.74, 6) is 3.39. The number of aromatic nitrogens is 2. The van der Waals surface area contributed by atoms with Crippen molar-refractivity contribution >= 4 is 6.29 Å². The first kappa shape index (κ1) is 8.21. The first-order valence-corrected chi connectivity index (χ1v) is 5.37. The van der Waals surface area contributed by atoms with Crippen molar-refractivity contribution in [2.24, 2.45) is 11.8 Å². The number of aromatic amines is 1. The van der Waals surface area contributed by atoms with Crippen LogP contribution >= 0.6 is 0 Å². The van der Waals surface area contributed by atoms with Crippen molar-refractivity contribution in [2.75, 3.05) is 0 Å². The molecule has 0 spiro atoms. The van der Waals surface area contributed by atoms with Gasteiger partial charge in [-0.05, 0) is 31.1 Å². The molecule has 2 fully saturated rings. The molecule has 14 heavy (non-hydrogen) atoms. The van der Waals surface area contributed by atoms with Gasteiger partial charge in [0, 0.05) is 5.92 Å². The van der Waals surface area contributed by atoms with Gasteiger partial charge in [0.2, 0.25) is 0 Å². The van der Waals surface area contributed by atoms with Crippen molar-refractivity contribution in [2.45, 2.75) is 31.6 Å². The SMILES string of the molecule is O=Cc1cnc(C2CC3CCC2C3)[nH]1. The fourth-order valence-corrected chi connectivity index (χ4v) is 3.18. The summed E-state index contributed by atoms with van der Waals surface area (Å²) in [4.78, 5) is 17.9. The van der Waals surface area contributed by atoms with Gasteiger partial charge in [-0.3, -0.25) is 4.79 Å². The van der Waals surface area contributed by atoms with Crippen LogP contribution in [0.2, 0.25) is 0 Å². The van der Waals surface area contributed by atoms with Gasteiger partial charge in [-0.1, -0.05) is 6.42 Å². The maximum absolute atomic E-state index is 10.5. The van der Waals surface area contributed by atoms with Gasteiger partial charge in [0.15, 0.2) is 6.29 Å². The second-order valence-corrected chi connectivity index (χ2v) is 4.62. The molecule has 3 nitrogen and oxygen atoms in total. The van der Waals surface area contributed by atoms with Crippen LogP contribution < -0.4 is 0 Å². The lowest BCUT2D eigenvalue weighted by Crippen LogP contribution is -2.10. The number of hydrogen-bond acceptors (Lipinski definition) is 2. The van der Waals surface area contributed by atoms with Crippen molar-refractivity contribution in [3.63, 3.8) is 0 Å². The van der Waals surface area contributed by atoms with Gasteiger partial charge in [0.1, 0.15) is 5.82 Å². The van der Waals surface area contributed by atoms with Gasteiger partial charge >= 0.3 is 0 Å². The average Bonchev–Trinajstić information content (AvgIpc) is 2.93. The van der Waals surface area contributed by atoms with Crippen LogP contribution in [0.4, 0.5) is 0 Å². The van der Waals surface area contributed by atoms with Crippen molar-refractivity contribution in [3.05, 3.63) is 17.7 Å². The van der Waals surface area contributed by atoms with Crippen LogP contribution in [0, 0.1) is 11.8 Å². The standard InChI is InChI=1S/C11H14N2O/c14-6-9-5-12-11(13-9)10-4-7-1-2-8(10)3-7/h5-8,10H,1-4H2,(H,12,13). The first-order chi connectivity index (χ1) is 6.86. The van der Waals surface area contributed by atoms with E-state index >= 15 is 0 Å². The van der Waals surface area contributed by atoms with Crippen LogP contribution in [0.15, 0.2) is 6.20 Å². The molecule has 3 unspecified atom stereocenters. The molecule has 0 radical (unpaired) electrons. The number of carbonyl (C=O) groups excluding carboxylic acids is 1. The van der Waals surface area contributed by atoms with Crippen molar-refractivity contribution in [3.8, 4) is 0 Å². The summed E-state index contributed by atoms with van der Waals surface area (Å²) < 4.78 is 0. The van der Waals surface area contributed by atoms with Gasteiger partial charge in [0.05, 0.1) is 11.9 Å². The van der Waals surface area contributed by atoms with Gasteiger partial charge in [-0.2, -0.15) is 0 Å². The van der Waals surface area contributed by atoms with Crippen LogP contribution in [0.5, 0.6) is 0 Å². The Morgan fingerprint density at radius 1 is 1.43 bits per heavy atom. The highest BCUT2D eigenvalue weighted by molar-refractivity contribution is 5.71. The monoisotopic (exact) mass is 190 g/mol. The molecule has 3 atom stereocenters. The number of hydrogen-bond donors (Lipinski definition) is 1. The quantitative estimate of drug-likeness (QED) is 0.726. The maximum atomic E-state index is 10.5. The minimum absolute atomic E-state index is 0.599. The zero-order valence-corrected chi connectivity index (χ0v) is 8.07. The van der Waals surface area contributed by atoms with Crippen LogP contribution in [0.3, 0.4) is 0 Å². The van der Waals surface area contributed by atoms with Crippen LogP contribution in [0.25, 0.3) is 0 Å². The Morgan fingerprint density at radius 3 is 2.93 bits per heavy atom. The van der Waals surface area contributed by atoms with E-state index in [-0.39, 0.29) is 0 Å². The third kappa shape index (κ3) is 1.11. The van der Waals surface area contributed by atoms with E-state index in [4.69, 9.17) is 0 Å². The highest BCUT2D eigenvalue weighted by atomic mass is 16.1. The lowest BCUT2D eigenvalue weighted by molar-refractivity contribution is 0.111. The third-order valence-electron chi connectivity index (χ3n) is 3.83. The van der Waals surface area contributed by atoms with Crippen LogP contribution in [-0.2, 0) is 0 Å². The topological polar surface area (TPSA) is 45.8 Å². The Labute approximate surface area is 82.9 Å². The van der Waals surface area contributed by atoms with E-state index in [1.807, 2.05) is 0 Å². The molecular weight excluding hydrogens is 176 g/mol. The maximum Gasteiger partial charge on any atom is 0.167 e. The molecule has 2 saturated carbocycles. The Bertz CT molecular complexity index is 358. The van der Waals surface area contributed by atoms with E-state index < -0.39 is 0 Å². The van der Waals surface area contributed by atoms with E-state index in [1.165, 1.54) is 25.7 Å². The highest BCUT2D eigenvalue weighted by Gasteiger charge is 2.41. The van der Waals surface area contributed by atoms with Gasteiger partial charge in [0.25, 0.3) is 0 Å². The fourth-order valence-electron chi connectivity index (χ4n) is 3.18. The second kappa shape index (κ2) is 2.94. The Balaban J connectivity index is 1.85. The third-order valence-corrected chi connectivity index (χ3v) is 3.83. The van der Waals surface area contributed by atoms with Crippen LogP contribution in [0.1, 0.15) is 47.9 Å². The molecule has 0 aliphatic heterocycles. The molecule has 2 aliphatic carbocycles. The van der Waals surface area contributed by atoms with Gasteiger partial charge < -0.3 is 4.98 Å². The minimum Gasteiger partial charge on any atom is -0.340 e. The van der Waals surface area contributed by atoms with E-state index in [9.17, 15) is 4.79 Å². The van der Waals surface area contributed by atoms with Crippen molar-refractivity contribution < 1.29 is 4.79 Å². The minimum atomic E-state index is 0.599. The summed E-state index contributed by atoms with van der Waals surface area (Å²) in [7, 11) is 0. The molecule has 3 heteroatoms. The molecule has 74 valence electrons. The summed E-state index contributed by atoms with van der Waals surface area (Å²) in [6, 6.07) is 0. The molecule has 2 bridgehead atoms. The lowest BCUT2D eigenvalue weighted by Gasteiger charge is -2.18. The second-order valence-electron chi connectivity index (χ2n) is 4.62. The van der Waals surface area contributed by atoms with E-state index in [0.717, 1.165) is 23.9 Å². The van der Waals surface area contributed by atoms with E-state index in [2.05, 4.69) is 9.97 Å². The highest BCUT2D eigenvalue weighted by Crippen LogP contribution is 2.52. The summed E-state index contributed by atoms with van der Waals surface area (Å²) in [5, 5.41) is 0. The summed E-state index contributed by atoms with van der Waals surface area (Å²) in [6.07, 6.45) is 7.89. The average molecular weight is 190 g/mol. The molecule has 1 N–H and O–H groups in total. The number of nitrogens with zero attached hydrogens (tertiary/aromatic N) is 1. The summed E-state index contributed by atoms with van der Waals surface area (Å²) in [5.41, 5.74) is 0.614. The smallest absolute Gasteiger partial charge is 0.167 e. The molecule has 3 rings (SSSR count). The van der Waals surface area contributed by atoms with Crippen molar-refractivity contribution in [1.82, 2.24) is 9.97 Å². The van der Waals surface area contributed by atoms with E-state index in [0.29, 0.717) is 11.6 Å². The molecular formula is C11H14N2O. The predicted molar refractivity (Wildman–Crippen MR) is 52.2 cm³/mol. The Hall–Kier alpha value is -1.12. The largest absolute Gasteiger partial charge is 0.340 e. The normalized spacial score (nSPS) is 35.0. The van der Waals surface area contributed by atoms with Crippen LogP contribution in [-0.4, -0.2) is 16.3 Å². The number of nitrogens with one attached hydrogen (secondary N) is 1. The molecule has 1 aromatic rings. The number of H-pyrrole nitrogens is 1. The summed E-state index contributed by atoms with van der Waals surface area (Å²) >= 11 is 0. The number of aldehydes is 1. The fraction of sp³-hybridized carbons (Fsp3) is 0.636. The van der Waals surface area contributed by atoms with Gasteiger partial charge in [-0.15, -0.1) is 0 Å². The first-order valence-electron chi connectivity index (χ1n) is 5.37. The van der Waals surface area contributed by atoms with Gasteiger partial charge in [-0.25, -0.2) is 4.98 Å². The molecule has 1 aromatic heterocycles. The predicted octanol–water partition coefficient (Wildman–Crippen LogP) is 2.13. The molecule has 1 heterocycles.